The Kier molecular flexibility index (Phi) is 25.3. The highest BCUT2D eigenvalue weighted by Gasteiger charge is 2.42. The molecule has 20 nitrogen and oxygen atoms in total. The summed E-state index contributed by atoms with van der Waals surface area (Å²) in [4.78, 5) is 29.1. The monoisotopic (exact) mass is 1250 g/mol. The summed E-state index contributed by atoms with van der Waals surface area (Å²) in [7, 11) is -7.65. The highest BCUT2D eigenvalue weighted by atomic mass is 35.5. The Hall–Kier alpha value is -4.96. The van der Waals surface area contributed by atoms with Crippen molar-refractivity contribution in [3.8, 4) is 11.5 Å². The van der Waals surface area contributed by atoms with Crippen LogP contribution in [0.5, 0.6) is 11.5 Å². The van der Waals surface area contributed by atoms with Crippen LogP contribution in [0.25, 0.3) is 0 Å². The Morgan fingerprint density at radius 3 is 1.19 bits per heavy atom. The van der Waals surface area contributed by atoms with Gasteiger partial charge in [0, 0.05) is 60.4 Å². The van der Waals surface area contributed by atoms with Crippen LogP contribution >= 0.6 is 23.2 Å². The molecule has 462 valence electrons. The second kappa shape index (κ2) is 32.7. The van der Waals surface area contributed by atoms with Gasteiger partial charge in [-0.2, -0.15) is 0 Å². The minimum Gasteiger partial charge on any atom is -0.484 e. The third-order valence-electron chi connectivity index (χ3n) is 15.1. The van der Waals surface area contributed by atoms with Gasteiger partial charge in [-0.3, -0.25) is 9.80 Å². The summed E-state index contributed by atoms with van der Waals surface area (Å²) < 4.78 is 122. The van der Waals surface area contributed by atoms with Crippen molar-refractivity contribution in [3.63, 3.8) is 0 Å². The van der Waals surface area contributed by atoms with Crippen molar-refractivity contribution in [1.82, 2.24) is 40.5 Å². The Morgan fingerprint density at radius 1 is 0.476 bits per heavy atom. The minimum atomic E-state index is -3.83. The first-order chi connectivity index (χ1) is 40.6. The third kappa shape index (κ3) is 19.3. The van der Waals surface area contributed by atoms with Gasteiger partial charge in [0.25, 0.3) is 0 Å². The molecule has 2 aliphatic carbocycles. The first-order valence-electron chi connectivity index (χ1n) is 29.0. The van der Waals surface area contributed by atoms with Crippen LogP contribution in [-0.2, 0) is 51.8 Å². The third-order valence-corrected chi connectivity index (χ3v) is 18.5. The zero-order chi connectivity index (χ0) is 59.3. The van der Waals surface area contributed by atoms with E-state index in [4.69, 9.17) is 51.6 Å². The molecule has 2 fully saturated rings. The fraction of sp³-hybridized carbons (Fsp3) is 0.552. The van der Waals surface area contributed by atoms with Crippen molar-refractivity contribution in [2.45, 2.75) is 98.3 Å². The van der Waals surface area contributed by atoms with Crippen LogP contribution in [0.3, 0.4) is 0 Å². The van der Waals surface area contributed by atoms with Gasteiger partial charge < -0.3 is 49.7 Å². The number of hydrogen-bond donors (Lipinski definition) is 6. The largest absolute Gasteiger partial charge is 0.484 e. The highest BCUT2D eigenvalue weighted by molar-refractivity contribution is 7.89. The maximum atomic E-state index is 15.0. The number of carbonyl (C=O) groups excluding carboxylic acids is 2. The van der Waals surface area contributed by atoms with E-state index < -0.39 is 32.3 Å². The van der Waals surface area contributed by atoms with Gasteiger partial charge in [0.1, 0.15) is 35.3 Å². The van der Waals surface area contributed by atoms with Gasteiger partial charge in [-0.15, -0.1) is 0 Å². The van der Waals surface area contributed by atoms with Gasteiger partial charge in [-0.25, -0.2) is 44.6 Å². The van der Waals surface area contributed by atoms with Crippen LogP contribution < -0.4 is 40.2 Å². The first kappa shape index (κ1) is 65.0. The molecule has 84 heavy (non-hydrogen) atoms. The Labute approximate surface area is 501 Å². The first-order valence-corrected chi connectivity index (χ1v) is 32.7. The average Bonchev–Trinajstić information content (AvgIpc) is 2.59. The Morgan fingerprint density at radius 2 is 0.821 bits per heavy atom. The summed E-state index contributed by atoms with van der Waals surface area (Å²) in [5, 5.41) is 11.5. The number of fused-ring (bicyclic) bond motifs is 2. The minimum absolute atomic E-state index is 0.0439. The quantitative estimate of drug-likeness (QED) is 0.0263. The van der Waals surface area contributed by atoms with E-state index in [0.29, 0.717) is 71.4 Å². The number of sulfonamides is 2. The van der Waals surface area contributed by atoms with Gasteiger partial charge in [0.15, 0.2) is 0 Å². The summed E-state index contributed by atoms with van der Waals surface area (Å²) in [6.07, 6.45) is 8.02. The number of nitrogens with zero attached hydrogens (tertiary/aromatic N) is 2. The van der Waals surface area contributed by atoms with Crippen molar-refractivity contribution in [1.29, 1.82) is 0 Å². The van der Waals surface area contributed by atoms with E-state index in [0.717, 1.165) is 75.8 Å². The summed E-state index contributed by atoms with van der Waals surface area (Å²) in [5.74, 6) is 0.259. The second-order valence-electron chi connectivity index (χ2n) is 21.0. The number of benzene rings is 4. The molecular weight excluding hydrogens is 1170 g/mol. The molecule has 0 aromatic heterocycles. The van der Waals surface area contributed by atoms with Crippen molar-refractivity contribution in [2.75, 3.05) is 118 Å². The molecule has 4 aromatic carbocycles. The molecule has 2 saturated heterocycles. The molecule has 0 spiro atoms. The van der Waals surface area contributed by atoms with Crippen LogP contribution in [0.15, 0.2) is 82.6 Å². The maximum absolute atomic E-state index is 15.0. The van der Waals surface area contributed by atoms with E-state index >= 15 is 0 Å². The second-order valence-corrected chi connectivity index (χ2v) is 25.4. The number of hydrogen-bond acceptors (Lipinski definition) is 14. The van der Waals surface area contributed by atoms with Gasteiger partial charge in [-0.1, -0.05) is 36.0 Å². The lowest BCUT2D eigenvalue weighted by Crippen LogP contribution is -2.43. The molecule has 0 bridgehead atoms. The molecule has 0 saturated carbocycles. The molecule has 2 unspecified atom stereocenters. The van der Waals surface area contributed by atoms with Crippen LogP contribution in [0.2, 0.25) is 10.0 Å². The van der Waals surface area contributed by atoms with Crippen LogP contribution in [0, 0.1) is 11.6 Å². The molecule has 2 heterocycles. The number of rotatable bonds is 33. The number of piperidine rings is 2. The number of unbranched alkanes of at least 4 members (excludes halogenated alkanes) is 1. The molecule has 26 heteroatoms. The topological polar surface area (TPSA) is 236 Å². The lowest BCUT2D eigenvalue weighted by molar-refractivity contribution is 0.0516. The number of ether oxygens (including phenoxy) is 6. The number of nitrogens with one attached hydrogen (secondary N) is 6. The fourth-order valence-electron chi connectivity index (χ4n) is 10.9. The van der Waals surface area contributed by atoms with Crippen molar-refractivity contribution >= 4 is 55.3 Å². The van der Waals surface area contributed by atoms with Crippen LogP contribution in [0.4, 0.5) is 18.4 Å². The average molecular weight is 1250 g/mol. The lowest BCUT2D eigenvalue weighted by Gasteiger charge is -2.35. The smallest absolute Gasteiger partial charge is 0.314 e. The summed E-state index contributed by atoms with van der Waals surface area (Å²) in [5.41, 5.74) is 2.66. The number of halogens is 4. The van der Waals surface area contributed by atoms with Crippen LogP contribution in [0.1, 0.15) is 85.8 Å². The zero-order valence-electron chi connectivity index (χ0n) is 47.2. The number of likely N-dealkylation sites (tertiary alicyclic amines) is 2. The number of amides is 4. The Balaban J connectivity index is 0.576. The Bertz CT molecular complexity index is 2790. The van der Waals surface area contributed by atoms with E-state index in [1.165, 1.54) is 36.4 Å². The predicted molar refractivity (Wildman–Crippen MR) is 314 cm³/mol. The summed E-state index contributed by atoms with van der Waals surface area (Å²) in [6.45, 7) is 6.76. The molecule has 4 amide bonds. The van der Waals surface area contributed by atoms with Gasteiger partial charge in [-0.05, 0) is 161 Å². The molecular formula is C58H78Cl2F2N8O12S2. The highest BCUT2D eigenvalue weighted by Crippen LogP contribution is 2.43. The van der Waals surface area contributed by atoms with Crippen molar-refractivity contribution in [3.05, 3.63) is 117 Å². The van der Waals surface area contributed by atoms with Crippen molar-refractivity contribution in [2.24, 2.45) is 0 Å². The number of carbonyl (C=O) groups is 2. The molecule has 0 radical (unpaired) electrons. The fourth-order valence-corrected chi connectivity index (χ4v) is 13.4. The molecule has 4 aliphatic rings. The van der Waals surface area contributed by atoms with Gasteiger partial charge >= 0.3 is 12.1 Å². The van der Waals surface area contributed by atoms with E-state index in [2.05, 4.69) is 40.5 Å². The van der Waals surface area contributed by atoms with E-state index in [1.54, 1.807) is 36.4 Å². The van der Waals surface area contributed by atoms with Gasteiger partial charge in [0.05, 0.1) is 74.7 Å². The van der Waals surface area contributed by atoms with E-state index in [1.807, 2.05) is 0 Å². The summed E-state index contributed by atoms with van der Waals surface area (Å²) >= 11 is 12.5. The molecule has 8 rings (SSSR count). The lowest BCUT2D eigenvalue weighted by atomic mass is 10.0. The van der Waals surface area contributed by atoms with E-state index in [9.17, 15) is 35.2 Å². The normalized spacial score (nSPS) is 19.1. The molecule has 6 N–H and O–H groups in total. The molecule has 4 aromatic rings. The number of urea groups is 2. The zero-order valence-corrected chi connectivity index (χ0v) is 50.3. The predicted octanol–water partition coefficient (Wildman–Crippen LogP) is 7.03. The van der Waals surface area contributed by atoms with Crippen LogP contribution in [-0.4, -0.2) is 169 Å². The van der Waals surface area contributed by atoms with Gasteiger partial charge in [0.2, 0.25) is 20.0 Å². The SMILES string of the molecule is O=C(NCCCCNC(=O)NCCOCCOCCNS(=O)(=O)c1ccc(O[C@H]2c3cc(Cl)cc(F)c3CC2N2CCCCC2)cc1)NCCOCCOCCNS(=O)(=O)c1ccc(O[C@H]2c3cc(Cl)cc(F)c3CC2N2CCCCC2)cc1. The molecule has 4 atom stereocenters. The molecule has 2 aliphatic heterocycles. The summed E-state index contributed by atoms with van der Waals surface area (Å²) in [6, 6.07) is 17.7. The maximum Gasteiger partial charge on any atom is 0.314 e. The standard InChI is InChI=1S/C58H78Cl2F2N8O12S2/c59-41-35-49-47(51(61)37-41)39-53(69-23-5-1-6-24-69)55(49)81-43-9-13-45(14-10-43)83(73,74)67-21-29-79-33-31-77-27-19-65-57(71)63-17-3-4-18-64-58(72)66-20-28-78-32-34-80-30-22-68-84(75,76)46-15-11-44(12-16-46)82-56-50-36-42(60)38-52(62)48(50)40-54(56)70-25-7-2-8-26-70/h9-16,35-38,53-56,67-68H,1-8,17-34,39-40H2,(H2,63,65,71)(H2,64,66,72)/t53?,54?,55-,56-/m0/s1. The van der Waals surface area contributed by atoms with E-state index in [-0.39, 0.29) is 125 Å². The van der Waals surface area contributed by atoms with Crippen molar-refractivity contribution < 1.29 is 63.6 Å².